The van der Waals surface area contributed by atoms with Gasteiger partial charge >= 0.3 is 5.97 Å². The third-order valence-corrected chi connectivity index (χ3v) is 8.89. The van der Waals surface area contributed by atoms with Gasteiger partial charge in [-0.3, -0.25) is 9.59 Å². The number of esters is 1. The first-order valence-electron chi connectivity index (χ1n) is 15.1. The zero-order valence-corrected chi connectivity index (χ0v) is 24.5. The summed E-state index contributed by atoms with van der Waals surface area (Å²) in [6.07, 6.45) is 9.12. The Labute approximate surface area is 235 Å². The van der Waals surface area contributed by atoms with Gasteiger partial charge in [-0.25, -0.2) is 0 Å². The minimum atomic E-state index is -0.288. The molecule has 1 saturated carbocycles. The first-order valence-corrected chi connectivity index (χ1v) is 15.1. The van der Waals surface area contributed by atoms with Crippen LogP contribution >= 0.6 is 0 Å². The van der Waals surface area contributed by atoms with Gasteiger partial charge in [0.25, 0.3) is 0 Å². The maximum atomic E-state index is 13.7. The molecule has 1 heterocycles. The number of amides is 1. The summed E-state index contributed by atoms with van der Waals surface area (Å²) in [5.41, 5.74) is 2.64. The molecule has 1 saturated heterocycles. The first kappa shape index (κ1) is 29.3. The summed E-state index contributed by atoms with van der Waals surface area (Å²) in [5.74, 6) is 1.63. The summed E-state index contributed by atoms with van der Waals surface area (Å²) >= 11 is 0. The van der Waals surface area contributed by atoms with Gasteiger partial charge in [-0.1, -0.05) is 62.7 Å². The monoisotopic (exact) mass is 532 g/mol. The van der Waals surface area contributed by atoms with E-state index in [0.29, 0.717) is 29.9 Å². The van der Waals surface area contributed by atoms with E-state index in [1.165, 1.54) is 18.1 Å². The van der Waals surface area contributed by atoms with E-state index < -0.39 is 0 Å². The van der Waals surface area contributed by atoms with E-state index in [2.05, 4.69) is 73.2 Å². The lowest BCUT2D eigenvalue weighted by Gasteiger charge is -2.54. The molecule has 1 amide bonds. The van der Waals surface area contributed by atoms with Crippen LogP contribution in [0.2, 0.25) is 0 Å². The van der Waals surface area contributed by atoms with Gasteiger partial charge < -0.3 is 14.5 Å². The summed E-state index contributed by atoms with van der Waals surface area (Å²) in [6, 6.07) is 19.1. The lowest BCUT2D eigenvalue weighted by molar-refractivity contribution is -0.136. The van der Waals surface area contributed by atoms with E-state index in [4.69, 9.17) is 4.74 Å². The number of aryl methyl sites for hydroxylation is 1. The molecule has 4 rings (SSSR count). The molecule has 0 radical (unpaired) electrons. The predicted octanol–water partition coefficient (Wildman–Crippen LogP) is 6.64. The van der Waals surface area contributed by atoms with Crippen molar-refractivity contribution in [2.24, 2.45) is 11.8 Å². The quantitative estimate of drug-likeness (QED) is 0.185. The Morgan fingerprint density at radius 1 is 1.05 bits per heavy atom. The number of fused-ring (bicyclic) bond motifs is 1. The van der Waals surface area contributed by atoms with Crippen LogP contribution in [0.1, 0.15) is 83.3 Å². The second-order valence-corrected chi connectivity index (χ2v) is 12.4. The molecule has 2 aromatic rings. The molecular weight excluding hydrogens is 484 g/mol. The Hall–Kier alpha value is -2.66. The second-order valence-electron chi connectivity index (χ2n) is 12.4. The highest BCUT2D eigenvalue weighted by Crippen LogP contribution is 2.50. The van der Waals surface area contributed by atoms with Gasteiger partial charge in [0, 0.05) is 37.9 Å². The minimum absolute atomic E-state index is 0.00320. The number of hydrogen-bond acceptors (Lipinski definition) is 4. The second kappa shape index (κ2) is 13.6. The molecule has 0 bridgehead atoms. The molecule has 39 heavy (non-hydrogen) atoms. The van der Waals surface area contributed by atoms with Crippen molar-refractivity contribution in [3.63, 3.8) is 0 Å². The topological polar surface area (TPSA) is 49.9 Å². The lowest BCUT2D eigenvalue weighted by atomic mass is 9.57. The number of ether oxygens (including phenoxy) is 1. The molecule has 0 spiro atoms. The Morgan fingerprint density at radius 2 is 1.85 bits per heavy atom. The van der Waals surface area contributed by atoms with Crippen LogP contribution in [0.3, 0.4) is 0 Å². The predicted molar refractivity (Wildman–Crippen MR) is 158 cm³/mol. The van der Waals surface area contributed by atoms with Crippen molar-refractivity contribution >= 4 is 11.9 Å². The summed E-state index contributed by atoms with van der Waals surface area (Å²) in [7, 11) is 2.22. The zero-order valence-electron chi connectivity index (χ0n) is 24.5. The Balaban J connectivity index is 1.47. The maximum absolute atomic E-state index is 13.7. The van der Waals surface area contributed by atoms with E-state index in [9.17, 15) is 9.59 Å². The number of piperidine rings is 1. The van der Waals surface area contributed by atoms with Crippen molar-refractivity contribution in [3.05, 3.63) is 65.7 Å². The number of benzene rings is 2. The highest BCUT2D eigenvalue weighted by molar-refractivity contribution is 5.76. The molecule has 2 aliphatic rings. The molecule has 5 heteroatoms. The molecule has 212 valence electrons. The number of carbonyl (C=O) groups is 2. The Kier molecular flexibility index (Phi) is 10.2. The average molecular weight is 533 g/mol. The lowest BCUT2D eigenvalue weighted by Crippen LogP contribution is -2.56. The SMILES string of the molecule is CC(=O)Oc1cccc([C@@]23CCN(C)C[C@H]2CC[C@@H](N(CC(C)C)C(=O)CCCCCc2ccccc2)C3)c1. The molecule has 1 aliphatic heterocycles. The van der Waals surface area contributed by atoms with Crippen LogP contribution in [0, 0.1) is 11.8 Å². The van der Waals surface area contributed by atoms with Crippen LogP contribution in [-0.4, -0.2) is 54.4 Å². The van der Waals surface area contributed by atoms with Crippen molar-refractivity contribution in [3.8, 4) is 5.75 Å². The number of nitrogens with zero attached hydrogens (tertiary/aromatic N) is 2. The third kappa shape index (κ3) is 7.72. The fraction of sp³-hybridized carbons (Fsp3) is 0.588. The van der Waals surface area contributed by atoms with Gasteiger partial charge in [-0.05, 0) is 93.6 Å². The van der Waals surface area contributed by atoms with E-state index in [-0.39, 0.29) is 17.4 Å². The first-order chi connectivity index (χ1) is 18.8. The van der Waals surface area contributed by atoms with Crippen molar-refractivity contribution in [2.75, 3.05) is 26.7 Å². The van der Waals surface area contributed by atoms with Gasteiger partial charge in [-0.2, -0.15) is 0 Å². The molecule has 0 aromatic heterocycles. The average Bonchev–Trinajstić information content (AvgIpc) is 2.91. The van der Waals surface area contributed by atoms with Crippen molar-refractivity contribution < 1.29 is 14.3 Å². The Bertz CT molecular complexity index is 1080. The number of hydrogen-bond donors (Lipinski definition) is 0. The highest BCUT2D eigenvalue weighted by Gasteiger charge is 2.49. The van der Waals surface area contributed by atoms with Gasteiger partial charge in [0.2, 0.25) is 5.91 Å². The summed E-state index contributed by atoms with van der Waals surface area (Å²) in [5, 5.41) is 0. The van der Waals surface area contributed by atoms with Crippen LogP contribution in [0.4, 0.5) is 0 Å². The molecule has 5 nitrogen and oxygen atoms in total. The van der Waals surface area contributed by atoms with Crippen molar-refractivity contribution in [1.82, 2.24) is 9.80 Å². The van der Waals surface area contributed by atoms with Gasteiger partial charge in [0.05, 0.1) is 0 Å². The van der Waals surface area contributed by atoms with Crippen LogP contribution in [0.15, 0.2) is 54.6 Å². The number of rotatable bonds is 11. The molecule has 0 N–H and O–H groups in total. The molecule has 2 fully saturated rings. The number of unbranched alkanes of at least 4 members (excludes halogenated alkanes) is 2. The summed E-state index contributed by atoms with van der Waals surface area (Å²) < 4.78 is 5.49. The van der Waals surface area contributed by atoms with Crippen LogP contribution < -0.4 is 4.74 Å². The molecule has 0 unspecified atom stereocenters. The smallest absolute Gasteiger partial charge is 0.308 e. The van der Waals surface area contributed by atoms with Gasteiger partial charge in [-0.15, -0.1) is 0 Å². The van der Waals surface area contributed by atoms with Crippen LogP contribution in [-0.2, 0) is 21.4 Å². The maximum Gasteiger partial charge on any atom is 0.308 e. The normalized spacial score (nSPS) is 23.3. The largest absolute Gasteiger partial charge is 0.427 e. The molecule has 3 atom stereocenters. The minimum Gasteiger partial charge on any atom is -0.427 e. The van der Waals surface area contributed by atoms with Crippen molar-refractivity contribution in [2.45, 2.75) is 90.0 Å². The van der Waals surface area contributed by atoms with Gasteiger partial charge in [0.1, 0.15) is 5.75 Å². The van der Waals surface area contributed by atoms with Gasteiger partial charge in [0.15, 0.2) is 0 Å². The zero-order chi connectivity index (χ0) is 27.8. The van der Waals surface area contributed by atoms with Crippen molar-refractivity contribution in [1.29, 1.82) is 0 Å². The molecular formula is C34H48N2O3. The molecule has 2 aromatic carbocycles. The van der Waals surface area contributed by atoms with Crippen LogP contribution in [0.5, 0.6) is 5.75 Å². The highest BCUT2D eigenvalue weighted by atomic mass is 16.5. The van der Waals surface area contributed by atoms with Crippen LogP contribution in [0.25, 0.3) is 0 Å². The van der Waals surface area contributed by atoms with E-state index >= 15 is 0 Å². The fourth-order valence-corrected chi connectivity index (χ4v) is 7.01. The summed E-state index contributed by atoms with van der Waals surface area (Å²) in [4.78, 5) is 30.1. The molecule has 1 aliphatic carbocycles. The summed E-state index contributed by atoms with van der Waals surface area (Å²) in [6.45, 7) is 8.84. The Morgan fingerprint density at radius 3 is 2.59 bits per heavy atom. The standard InChI is InChI=1S/C34H48N2O3/c1-26(2)24-36(33(38)17-10-6-9-14-28-12-7-5-8-13-28)31-19-18-30-25-35(4)21-20-34(30,23-31)29-15-11-16-32(22-29)39-27(3)37/h5,7-8,11-13,15-16,22,26,30-31H,6,9-10,14,17-21,23-25H2,1-4H3/t30-,31-,34+/m1/s1. The van der Waals surface area contributed by atoms with E-state index in [1.54, 1.807) is 0 Å². The van der Waals surface area contributed by atoms with E-state index in [0.717, 1.165) is 71.0 Å². The fourth-order valence-electron chi connectivity index (χ4n) is 7.01. The number of likely N-dealkylation sites (tertiary alicyclic amines) is 1. The number of carbonyl (C=O) groups excluding carboxylic acids is 2. The van der Waals surface area contributed by atoms with E-state index in [1.807, 2.05) is 12.1 Å². The third-order valence-electron chi connectivity index (χ3n) is 8.89.